The number of benzene rings is 2. The number of carbonyl (C=O) groups excluding carboxylic acids is 2. The van der Waals surface area contributed by atoms with Crippen molar-refractivity contribution in [1.29, 1.82) is 5.26 Å². The maximum absolute atomic E-state index is 13.6. The zero-order valence-corrected chi connectivity index (χ0v) is 19.8. The van der Waals surface area contributed by atoms with E-state index in [1.165, 1.54) is 24.3 Å². The van der Waals surface area contributed by atoms with Gasteiger partial charge in [0.15, 0.2) is 0 Å². The summed E-state index contributed by atoms with van der Waals surface area (Å²) in [5, 5.41) is 9.82. The fourth-order valence-electron chi connectivity index (χ4n) is 5.08. The SMILES string of the molecule is CC[C@@]1(OC(=O)c2ccc(C#N)cc2)C(=O)OCc2c1cc1n(c2=O)Cc2cc3c(N)cccc3nc2-1. The number of ether oxygens (including phenoxy) is 2. The van der Waals surface area contributed by atoms with Crippen molar-refractivity contribution in [2.24, 2.45) is 0 Å². The summed E-state index contributed by atoms with van der Waals surface area (Å²) in [5.74, 6) is -1.51. The molecule has 2 N–H and O–H groups in total. The van der Waals surface area contributed by atoms with Crippen LogP contribution in [-0.4, -0.2) is 21.5 Å². The number of nitrogen functional groups attached to an aromatic ring is 1. The third-order valence-electron chi connectivity index (χ3n) is 7.07. The number of rotatable bonds is 3. The third kappa shape index (κ3) is 3.23. The van der Waals surface area contributed by atoms with E-state index in [0.29, 0.717) is 40.3 Å². The molecule has 0 unspecified atom stereocenters. The number of nitriles is 1. The molecule has 182 valence electrons. The van der Waals surface area contributed by atoms with Crippen molar-refractivity contribution in [3.05, 3.63) is 92.8 Å². The number of nitrogens with zero attached hydrogens (tertiary/aromatic N) is 3. The van der Waals surface area contributed by atoms with Crippen molar-refractivity contribution in [1.82, 2.24) is 9.55 Å². The van der Waals surface area contributed by atoms with E-state index in [0.717, 1.165) is 10.9 Å². The van der Waals surface area contributed by atoms with Crippen LogP contribution < -0.4 is 11.3 Å². The van der Waals surface area contributed by atoms with E-state index in [1.54, 1.807) is 23.6 Å². The summed E-state index contributed by atoms with van der Waals surface area (Å²) in [4.78, 5) is 44.7. The van der Waals surface area contributed by atoms with Crippen LogP contribution in [0.2, 0.25) is 0 Å². The molecule has 0 spiro atoms. The minimum atomic E-state index is -1.81. The molecule has 0 amide bonds. The standard InChI is InChI=1S/C28H20N4O5/c1-2-28(37-26(34)16-8-6-15(12-29)7-9-16)20-11-23-24-17(10-18-21(30)4-3-5-22(18)31-24)13-32(23)25(33)19(20)14-36-27(28)35/h3-11H,2,13-14,30H2,1H3/t28-/m0/s1. The molecule has 9 heteroatoms. The number of esters is 2. The van der Waals surface area contributed by atoms with Crippen LogP contribution in [0.15, 0.2) is 59.4 Å². The first-order valence-corrected chi connectivity index (χ1v) is 11.7. The molecule has 1 atom stereocenters. The summed E-state index contributed by atoms with van der Waals surface area (Å²) in [5.41, 5.74) is 8.35. The molecule has 0 aliphatic carbocycles. The number of cyclic esters (lactones) is 1. The molecule has 0 radical (unpaired) electrons. The Kier molecular flexibility index (Phi) is 4.88. The summed E-state index contributed by atoms with van der Waals surface area (Å²) in [6, 6.07) is 17.0. The highest BCUT2D eigenvalue weighted by atomic mass is 16.6. The van der Waals surface area contributed by atoms with Gasteiger partial charge in [-0.2, -0.15) is 5.26 Å². The van der Waals surface area contributed by atoms with Crippen molar-refractivity contribution in [2.45, 2.75) is 32.1 Å². The minimum Gasteiger partial charge on any atom is -0.457 e. The maximum Gasteiger partial charge on any atom is 0.355 e. The highest BCUT2D eigenvalue weighted by Gasteiger charge is 2.50. The van der Waals surface area contributed by atoms with E-state index >= 15 is 0 Å². The lowest BCUT2D eigenvalue weighted by Crippen LogP contribution is -2.47. The topological polar surface area (TPSA) is 137 Å². The maximum atomic E-state index is 13.6. The molecule has 4 aromatic rings. The summed E-state index contributed by atoms with van der Waals surface area (Å²) in [7, 11) is 0. The summed E-state index contributed by atoms with van der Waals surface area (Å²) >= 11 is 0. The average molecular weight is 492 g/mol. The van der Waals surface area contributed by atoms with E-state index in [4.69, 9.17) is 25.5 Å². The van der Waals surface area contributed by atoms with E-state index in [9.17, 15) is 14.4 Å². The van der Waals surface area contributed by atoms with Crippen LogP contribution in [0.1, 0.15) is 46.0 Å². The van der Waals surface area contributed by atoms with Gasteiger partial charge in [-0.25, -0.2) is 14.6 Å². The first-order valence-electron chi connectivity index (χ1n) is 11.7. The van der Waals surface area contributed by atoms with Gasteiger partial charge < -0.3 is 19.8 Å². The Morgan fingerprint density at radius 2 is 2.00 bits per heavy atom. The van der Waals surface area contributed by atoms with E-state index in [-0.39, 0.29) is 29.7 Å². The molecular weight excluding hydrogens is 472 g/mol. The predicted octanol–water partition coefficient (Wildman–Crippen LogP) is 3.40. The van der Waals surface area contributed by atoms with Crippen LogP contribution in [0.3, 0.4) is 0 Å². The zero-order chi connectivity index (χ0) is 25.9. The monoisotopic (exact) mass is 492 g/mol. The molecular formula is C28H20N4O5. The molecule has 2 aromatic carbocycles. The van der Waals surface area contributed by atoms with Crippen molar-refractivity contribution in [2.75, 3.05) is 5.73 Å². The van der Waals surface area contributed by atoms with Gasteiger partial charge in [-0.05, 0) is 55.0 Å². The van der Waals surface area contributed by atoms with Crippen LogP contribution >= 0.6 is 0 Å². The van der Waals surface area contributed by atoms with Gasteiger partial charge >= 0.3 is 11.9 Å². The van der Waals surface area contributed by atoms with Gasteiger partial charge in [0.25, 0.3) is 5.56 Å². The highest BCUT2D eigenvalue weighted by Crippen LogP contribution is 2.41. The quantitative estimate of drug-likeness (QED) is 0.299. The fraction of sp³-hybridized carbons (Fsp3) is 0.179. The molecule has 37 heavy (non-hydrogen) atoms. The second-order valence-corrected chi connectivity index (χ2v) is 9.06. The lowest BCUT2D eigenvalue weighted by molar-refractivity contribution is -0.173. The van der Waals surface area contributed by atoms with Crippen molar-refractivity contribution in [3.63, 3.8) is 0 Å². The summed E-state index contributed by atoms with van der Waals surface area (Å²) < 4.78 is 12.8. The molecule has 2 aliphatic heterocycles. The number of hydrogen-bond acceptors (Lipinski definition) is 8. The van der Waals surface area contributed by atoms with Crippen LogP contribution in [0.4, 0.5) is 5.69 Å². The van der Waals surface area contributed by atoms with Crippen molar-refractivity contribution in [3.8, 4) is 17.5 Å². The second kappa shape index (κ2) is 8.03. The Labute approximate surface area is 210 Å². The largest absolute Gasteiger partial charge is 0.457 e. The molecule has 2 aromatic heterocycles. The van der Waals surface area contributed by atoms with Crippen LogP contribution in [0.5, 0.6) is 0 Å². The van der Waals surface area contributed by atoms with Crippen molar-refractivity contribution < 1.29 is 19.1 Å². The van der Waals surface area contributed by atoms with Crippen molar-refractivity contribution >= 4 is 28.5 Å². The van der Waals surface area contributed by atoms with Gasteiger partial charge in [0, 0.05) is 22.2 Å². The van der Waals surface area contributed by atoms with Gasteiger partial charge in [0.05, 0.1) is 46.2 Å². The van der Waals surface area contributed by atoms with Crippen LogP contribution in [0.25, 0.3) is 22.3 Å². The number of aromatic nitrogens is 2. The lowest BCUT2D eigenvalue weighted by atomic mass is 9.85. The van der Waals surface area contributed by atoms with Crippen LogP contribution in [0, 0.1) is 11.3 Å². The molecule has 0 saturated heterocycles. The Hall–Kier alpha value is -4.97. The number of carbonyl (C=O) groups is 2. The molecule has 0 bridgehead atoms. The first kappa shape index (κ1) is 22.5. The average Bonchev–Trinajstić information content (AvgIpc) is 3.27. The van der Waals surface area contributed by atoms with E-state index in [1.807, 2.05) is 24.3 Å². The number of fused-ring (bicyclic) bond motifs is 5. The number of anilines is 1. The van der Waals surface area contributed by atoms with E-state index in [2.05, 4.69) is 0 Å². The number of pyridine rings is 2. The summed E-state index contributed by atoms with van der Waals surface area (Å²) in [6.45, 7) is 1.77. The van der Waals surface area contributed by atoms with Crippen LogP contribution in [-0.2, 0) is 33.0 Å². The first-order chi connectivity index (χ1) is 17.9. The Bertz CT molecular complexity index is 1750. The molecule has 9 nitrogen and oxygen atoms in total. The Balaban J connectivity index is 1.50. The normalized spacial score (nSPS) is 17.4. The van der Waals surface area contributed by atoms with E-state index < -0.39 is 17.5 Å². The zero-order valence-electron chi connectivity index (χ0n) is 19.8. The van der Waals surface area contributed by atoms with Gasteiger partial charge in [0.1, 0.15) is 6.61 Å². The molecule has 4 heterocycles. The predicted molar refractivity (Wildman–Crippen MR) is 133 cm³/mol. The summed E-state index contributed by atoms with van der Waals surface area (Å²) in [6.07, 6.45) is 0.0539. The van der Waals surface area contributed by atoms with Gasteiger partial charge in [-0.15, -0.1) is 0 Å². The molecule has 2 aliphatic rings. The fourth-order valence-corrected chi connectivity index (χ4v) is 5.08. The molecule has 6 rings (SSSR count). The highest BCUT2D eigenvalue weighted by molar-refractivity contribution is 5.95. The smallest absolute Gasteiger partial charge is 0.355 e. The van der Waals surface area contributed by atoms with Gasteiger partial charge in [0.2, 0.25) is 5.60 Å². The molecule has 0 saturated carbocycles. The minimum absolute atomic E-state index is 0.0539. The number of hydrogen-bond donors (Lipinski definition) is 1. The second-order valence-electron chi connectivity index (χ2n) is 9.06. The number of nitrogens with two attached hydrogens (primary N) is 1. The van der Waals surface area contributed by atoms with Gasteiger partial charge in [-0.3, -0.25) is 4.79 Å². The Morgan fingerprint density at radius 1 is 1.22 bits per heavy atom. The third-order valence-corrected chi connectivity index (χ3v) is 7.07. The Morgan fingerprint density at radius 3 is 2.73 bits per heavy atom. The molecule has 0 fully saturated rings. The van der Waals surface area contributed by atoms with Gasteiger partial charge in [-0.1, -0.05) is 13.0 Å². The lowest BCUT2D eigenvalue weighted by Gasteiger charge is -2.35.